The fraction of sp³-hybridized carbons (Fsp3) is 0.364. The van der Waals surface area contributed by atoms with Crippen molar-refractivity contribution in [1.29, 1.82) is 0 Å². The Hall–Kier alpha value is -1.31. The van der Waals surface area contributed by atoms with Crippen LogP contribution in [0.2, 0.25) is 0 Å². The lowest BCUT2D eigenvalue weighted by molar-refractivity contribution is 1.15. The Bertz CT molecular complexity index is 299. The molecule has 0 unspecified atom stereocenters. The Morgan fingerprint density at radius 2 is 2.23 bits per heavy atom. The maximum Gasteiger partial charge on any atom is 0.126 e. The van der Waals surface area contributed by atoms with Crippen LogP contribution in [0.3, 0.4) is 0 Å². The molecule has 70 valence electrons. The summed E-state index contributed by atoms with van der Waals surface area (Å²) in [6.45, 7) is 7.02. The van der Waals surface area contributed by atoms with Crippen molar-refractivity contribution < 1.29 is 0 Å². The molecule has 0 radical (unpaired) electrons. The first-order valence-corrected chi connectivity index (χ1v) is 4.49. The molecule has 1 N–H and O–H groups in total. The highest BCUT2D eigenvalue weighted by Gasteiger charge is 1.90. The second kappa shape index (κ2) is 4.65. The molecule has 0 saturated carbocycles. The fourth-order valence-corrected chi connectivity index (χ4v) is 1.00. The van der Waals surface area contributed by atoms with E-state index in [1.165, 1.54) is 5.57 Å². The van der Waals surface area contributed by atoms with Gasteiger partial charge in [0, 0.05) is 12.2 Å². The quantitative estimate of drug-likeness (QED) is 0.716. The summed E-state index contributed by atoms with van der Waals surface area (Å²) >= 11 is 0. The van der Waals surface area contributed by atoms with Gasteiger partial charge in [0.2, 0.25) is 0 Å². The molecule has 0 aliphatic heterocycles. The van der Waals surface area contributed by atoms with E-state index in [1.807, 2.05) is 25.1 Å². The van der Waals surface area contributed by atoms with E-state index in [9.17, 15) is 0 Å². The first-order chi connectivity index (χ1) is 6.18. The number of rotatable bonds is 3. The number of nitrogens with zero attached hydrogens (tertiary/aromatic N) is 1. The highest BCUT2D eigenvalue weighted by atomic mass is 15.0. The van der Waals surface area contributed by atoms with Crippen molar-refractivity contribution in [1.82, 2.24) is 4.98 Å². The molecular formula is C11H16N2. The lowest BCUT2D eigenvalue weighted by Gasteiger charge is -2.02. The Labute approximate surface area is 79.7 Å². The van der Waals surface area contributed by atoms with Crippen LogP contribution in [0.5, 0.6) is 0 Å². The largest absolute Gasteiger partial charge is 0.367 e. The van der Waals surface area contributed by atoms with Crippen molar-refractivity contribution >= 4 is 5.82 Å². The molecule has 0 aliphatic carbocycles. The minimum atomic E-state index is 0.846. The van der Waals surface area contributed by atoms with E-state index in [2.05, 4.69) is 30.2 Å². The van der Waals surface area contributed by atoms with Crippen molar-refractivity contribution in [2.45, 2.75) is 20.8 Å². The predicted octanol–water partition coefficient (Wildman–Crippen LogP) is 2.77. The summed E-state index contributed by atoms with van der Waals surface area (Å²) in [6.07, 6.45) is 2.14. The third-order valence-electron chi connectivity index (χ3n) is 1.68. The van der Waals surface area contributed by atoms with Crippen LogP contribution >= 0.6 is 0 Å². The first kappa shape index (κ1) is 9.78. The summed E-state index contributed by atoms with van der Waals surface area (Å²) in [5.74, 6) is 0.942. The maximum absolute atomic E-state index is 4.33. The lowest BCUT2D eigenvalue weighted by atomic mass is 10.3. The van der Waals surface area contributed by atoms with Gasteiger partial charge in [-0.15, -0.1) is 0 Å². The third-order valence-corrected chi connectivity index (χ3v) is 1.68. The number of nitrogens with one attached hydrogen (secondary N) is 1. The average molecular weight is 176 g/mol. The van der Waals surface area contributed by atoms with Crippen molar-refractivity contribution in [3.63, 3.8) is 0 Å². The summed E-state index contributed by atoms with van der Waals surface area (Å²) in [5, 5.41) is 3.23. The Morgan fingerprint density at radius 1 is 1.46 bits per heavy atom. The second-order valence-electron chi connectivity index (χ2n) is 3.33. The van der Waals surface area contributed by atoms with Crippen molar-refractivity contribution in [3.8, 4) is 0 Å². The SMILES string of the molecule is CC(C)=CCNc1cccc(C)n1. The van der Waals surface area contributed by atoms with E-state index in [-0.39, 0.29) is 0 Å². The van der Waals surface area contributed by atoms with Gasteiger partial charge in [0.05, 0.1) is 0 Å². The van der Waals surface area contributed by atoms with Gasteiger partial charge in [0.1, 0.15) is 5.82 Å². The van der Waals surface area contributed by atoms with Crippen LogP contribution in [0.1, 0.15) is 19.5 Å². The van der Waals surface area contributed by atoms with Crippen molar-refractivity contribution in [3.05, 3.63) is 35.5 Å². The van der Waals surface area contributed by atoms with Crippen LogP contribution in [0, 0.1) is 6.92 Å². The molecule has 0 bridgehead atoms. The molecule has 2 heteroatoms. The van der Waals surface area contributed by atoms with Gasteiger partial charge in [-0.3, -0.25) is 0 Å². The van der Waals surface area contributed by atoms with E-state index in [4.69, 9.17) is 0 Å². The molecule has 0 fully saturated rings. The van der Waals surface area contributed by atoms with E-state index < -0.39 is 0 Å². The molecule has 2 nitrogen and oxygen atoms in total. The topological polar surface area (TPSA) is 24.9 Å². The van der Waals surface area contributed by atoms with E-state index in [1.54, 1.807) is 0 Å². The molecule has 1 rings (SSSR count). The summed E-state index contributed by atoms with van der Waals surface area (Å²) in [7, 11) is 0. The molecule has 0 saturated heterocycles. The zero-order chi connectivity index (χ0) is 9.68. The monoisotopic (exact) mass is 176 g/mol. The van der Waals surface area contributed by atoms with Crippen LogP contribution < -0.4 is 5.32 Å². The molecule has 0 atom stereocenters. The second-order valence-corrected chi connectivity index (χ2v) is 3.33. The van der Waals surface area contributed by atoms with Crippen LogP contribution in [-0.2, 0) is 0 Å². The maximum atomic E-state index is 4.33. The van der Waals surface area contributed by atoms with E-state index in [0.29, 0.717) is 0 Å². The number of aromatic nitrogens is 1. The summed E-state index contributed by atoms with van der Waals surface area (Å²) in [5.41, 5.74) is 2.36. The predicted molar refractivity (Wildman–Crippen MR) is 56.9 cm³/mol. The van der Waals surface area contributed by atoms with Gasteiger partial charge < -0.3 is 5.32 Å². The van der Waals surface area contributed by atoms with Crippen molar-refractivity contribution in [2.75, 3.05) is 11.9 Å². The smallest absolute Gasteiger partial charge is 0.126 e. The third kappa shape index (κ3) is 3.74. The number of pyridine rings is 1. The van der Waals surface area contributed by atoms with Gasteiger partial charge in [-0.05, 0) is 32.9 Å². The standard InChI is InChI=1S/C11H16N2/c1-9(2)7-8-12-11-6-4-5-10(3)13-11/h4-7H,8H2,1-3H3,(H,12,13). The molecule has 1 aromatic rings. The molecule has 0 spiro atoms. The fourth-order valence-electron chi connectivity index (χ4n) is 1.00. The molecule has 0 amide bonds. The molecule has 1 heterocycles. The number of hydrogen-bond donors (Lipinski definition) is 1. The highest BCUT2D eigenvalue weighted by Crippen LogP contribution is 2.03. The van der Waals surface area contributed by atoms with Crippen LogP contribution in [-0.4, -0.2) is 11.5 Å². The van der Waals surface area contributed by atoms with E-state index in [0.717, 1.165) is 18.1 Å². The molecule has 0 aromatic carbocycles. The van der Waals surface area contributed by atoms with Gasteiger partial charge in [-0.25, -0.2) is 4.98 Å². The molecule has 0 aliphatic rings. The molecule has 13 heavy (non-hydrogen) atoms. The van der Waals surface area contributed by atoms with Gasteiger partial charge in [0.25, 0.3) is 0 Å². The van der Waals surface area contributed by atoms with Gasteiger partial charge >= 0.3 is 0 Å². The highest BCUT2D eigenvalue weighted by molar-refractivity contribution is 5.35. The van der Waals surface area contributed by atoms with Crippen molar-refractivity contribution in [2.24, 2.45) is 0 Å². The Kier molecular flexibility index (Phi) is 3.50. The van der Waals surface area contributed by atoms with Gasteiger partial charge in [-0.1, -0.05) is 17.7 Å². The van der Waals surface area contributed by atoms with E-state index >= 15 is 0 Å². The lowest BCUT2D eigenvalue weighted by Crippen LogP contribution is -2.01. The van der Waals surface area contributed by atoms with Crippen LogP contribution in [0.15, 0.2) is 29.8 Å². The zero-order valence-corrected chi connectivity index (χ0v) is 8.46. The number of hydrogen-bond acceptors (Lipinski definition) is 2. The summed E-state index contributed by atoms with van der Waals surface area (Å²) < 4.78 is 0. The summed E-state index contributed by atoms with van der Waals surface area (Å²) in [4.78, 5) is 4.33. The molecule has 1 aromatic heterocycles. The van der Waals surface area contributed by atoms with Crippen LogP contribution in [0.25, 0.3) is 0 Å². The van der Waals surface area contributed by atoms with Gasteiger partial charge in [0.15, 0.2) is 0 Å². The number of anilines is 1. The van der Waals surface area contributed by atoms with Gasteiger partial charge in [-0.2, -0.15) is 0 Å². The Balaban J connectivity index is 2.50. The zero-order valence-electron chi connectivity index (χ0n) is 8.46. The normalized spacial score (nSPS) is 9.46. The minimum absolute atomic E-state index is 0.846. The Morgan fingerprint density at radius 3 is 2.85 bits per heavy atom. The minimum Gasteiger partial charge on any atom is -0.367 e. The number of allylic oxidation sites excluding steroid dienone is 1. The summed E-state index contributed by atoms with van der Waals surface area (Å²) in [6, 6.07) is 5.98. The molecular weight excluding hydrogens is 160 g/mol. The first-order valence-electron chi connectivity index (χ1n) is 4.49. The van der Waals surface area contributed by atoms with Crippen LogP contribution in [0.4, 0.5) is 5.82 Å². The average Bonchev–Trinajstić information content (AvgIpc) is 2.03. The number of aryl methyl sites for hydroxylation is 1.